The topological polar surface area (TPSA) is 33.7 Å². The lowest BCUT2D eigenvalue weighted by Gasteiger charge is -2.24. The van der Waals surface area contributed by atoms with Gasteiger partial charge in [0.05, 0.1) is 6.61 Å². The van der Waals surface area contributed by atoms with E-state index in [4.69, 9.17) is 9.47 Å². The van der Waals surface area contributed by atoms with E-state index in [9.17, 15) is 0 Å². The van der Waals surface area contributed by atoms with Gasteiger partial charge in [-0.2, -0.15) is 0 Å². The molecule has 1 radical (unpaired) electrons. The van der Waals surface area contributed by atoms with E-state index in [1.54, 1.807) is 7.11 Å². The molecule has 1 heterocycles. The highest BCUT2D eigenvalue weighted by Crippen LogP contribution is 2.16. The number of hydrogen-bond acceptors (Lipinski definition) is 4. The van der Waals surface area contributed by atoms with Crippen molar-refractivity contribution in [2.75, 3.05) is 45.8 Å². The zero-order chi connectivity index (χ0) is 14.2. The summed E-state index contributed by atoms with van der Waals surface area (Å²) in [5.74, 6) is 0. The number of anilines is 1. The molecule has 1 aliphatic heterocycles. The molecule has 20 heavy (non-hydrogen) atoms. The van der Waals surface area contributed by atoms with Crippen LogP contribution in [0.2, 0.25) is 0 Å². The fraction of sp³-hybridized carbons (Fsp3) is 0.625. The highest BCUT2D eigenvalue weighted by molar-refractivity contribution is 5.45. The van der Waals surface area contributed by atoms with E-state index in [-0.39, 0.29) is 0 Å². The van der Waals surface area contributed by atoms with Crippen molar-refractivity contribution in [2.45, 2.75) is 25.4 Å². The molecule has 111 valence electrons. The van der Waals surface area contributed by atoms with Gasteiger partial charge in [0.1, 0.15) is 0 Å². The molecule has 0 saturated carbocycles. The first-order chi connectivity index (χ1) is 9.78. The number of methoxy groups -OCH3 is 1. The van der Waals surface area contributed by atoms with E-state index in [1.807, 2.05) is 6.07 Å². The van der Waals surface area contributed by atoms with Crippen LogP contribution in [-0.4, -0.2) is 51.5 Å². The fourth-order valence-corrected chi connectivity index (χ4v) is 2.40. The maximum absolute atomic E-state index is 5.38. The molecule has 1 aromatic rings. The summed E-state index contributed by atoms with van der Waals surface area (Å²) in [5, 5.41) is 3.56. The van der Waals surface area contributed by atoms with E-state index in [1.165, 1.54) is 5.56 Å². The van der Waals surface area contributed by atoms with E-state index in [0.29, 0.717) is 6.04 Å². The number of benzene rings is 1. The predicted octanol–water partition coefficient (Wildman–Crippen LogP) is 2.16. The minimum atomic E-state index is 0.515. The molecule has 0 amide bonds. The Kier molecular flexibility index (Phi) is 6.30. The van der Waals surface area contributed by atoms with Crippen LogP contribution in [-0.2, 0) is 16.0 Å². The molecule has 1 fully saturated rings. The van der Waals surface area contributed by atoms with Crippen LogP contribution in [0.1, 0.15) is 18.4 Å². The normalized spacial score (nSPS) is 16.6. The standard InChI is InChI=1S/C16H25N2O2/c1-18(8-11-19-2)13-14-4-3-5-16(12-14)17-15-6-9-20-10-7-15/h3-4,12,15,17H,6-11,13H2,1-2H3. The van der Waals surface area contributed by atoms with Crippen LogP contribution in [0.5, 0.6) is 0 Å². The van der Waals surface area contributed by atoms with Gasteiger partial charge in [0.15, 0.2) is 0 Å². The molecule has 0 bridgehead atoms. The van der Waals surface area contributed by atoms with Crippen molar-refractivity contribution in [3.05, 3.63) is 29.8 Å². The van der Waals surface area contributed by atoms with E-state index >= 15 is 0 Å². The van der Waals surface area contributed by atoms with Gasteiger partial charge in [0, 0.05) is 51.2 Å². The molecule has 1 aliphatic rings. The van der Waals surface area contributed by atoms with Gasteiger partial charge in [0.25, 0.3) is 0 Å². The van der Waals surface area contributed by atoms with Crippen LogP contribution in [0.3, 0.4) is 0 Å². The lowest BCUT2D eigenvalue weighted by molar-refractivity contribution is 0.0904. The maximum atomic E-state index is 5.38. The summed E-state index contributed by atoms with van der Waals surface area (Å²) in [6, 6.07) is 10.1. The molecule has 4 nitrogen and oxygen atoms in total. The Hall–Kier alpha value is -1.10. The molecule has 0 atom stereocenters. The minimum absolute atomic E-state index is 0.515. The monoisotopic (exact) mass is 277 g/mol. The molecule has 0 aliphatic carbocycles. The van der Waals surface area contributed by atoms with Gasteiger partial charge in [-0.3, -0.25) is 4.90 Å². The van der Waals surface area contributed by atoms with Crippen molar-refractivity contribution in [2.24, 2.45) is 0 Å². The summed E-state index contributed by atoms with van der Waals surface area (Å²) < 4.78 is 10.5. The number of nitrogens with zero attached hydrogens (tertiary/aromatic N) is 1. The summed E-state index contributed by atoms with van der Waals surface area (Å²) in [4.78, 5) is 2.26. The second kappa shape index (κ2) is 8.25. The molecule has 0 aromatic heterocycles. The molecule has 0 spiro atoms. The van der Waals surface area contributed by atoms with Crippen LogP contribution in [0.4, 0.5) is 5.69 Å². The first-order valence-corrected chi connectivity index (χ1v) is 7.30. The third-order valence-electron chi connectivity index (χ3n) is 3.58. The predicted molar refractivity (Wildman–Crippen MR) is 81.0 cm³/mol. The summed E-state index contributed by atoms with van der Waals surface area (Å²) in [6.07, 6.45) is 2.15. The number of likely N-dealkylation sites (N-methyl/N-ethyl adjacent to an activating group) is 1. The van der Waals surface area contributed by atoms with Gasteiger partial charge in [-0.15, -0.1) is 0 Å². The largest absolute Gasteiger partial charge is 0.383 e. The Balaban J connectivity index is 1.86. The van der Waals surface area contributed by atoms with Crippen LogP contribution < -0.4 is 5.32 Å². The number of nitrogens with one attached hydrogen (secondary N) is 1. The summed E-state index contributed by atoms with van der Waals surface area (Å²) in [6.45, 7) is 4.36. The molecule has 0 unspecified atom stereocenters. The first kappa shape index (κ1) is 15.3. The molecular weight excluding hydrogens is 252 g/mol. The Morgan fingerprint density at radius 2 is 2.25 bits per heavy atom. The summed E-state index contributed by atoms with van der Waals surface area (Å²) >= 11 is 0. The minimum Gasteiger partial charge on any atom is -0.383 e. The van der Waals surface area contributed by atoms with Crippen LogP contribution in [0.25, 0.3) is 0 Å². The zero-order valence-corrected chi connectivity index (χ0v) is 12.5. The molecule has 1 N–H and O–H groups in total. The fourth-order valence-electron chi connectivity index (χ4n) is 2.40. The second-order valence-corrected chi connectivity index (χ2v) is 5.37. The number of ether oxygens (including phenoxy) is 2. The van der Waals surface area contributed by atoms with Gasteiger partial charge >= 0.3 is 0 Å². The van der Waals surface area contributed by atoms with E-state index in [2.05, 4.69) is 35.5 Å². The number of rotatable bonds is 7. The smallest absolute Gasteiger partial charge is 0.0589 e. The third-order valence-corrected chi connectivity index (χ3v) is 3.58. The van der Waals surface area contributed by atoms with Crippen molar-refractivity contribution in [3.8, 4) is 0 Å². The Morgan fingerprint density at radius 1 is 1.45 bits per heavy atom. The molecule has 1 aromatic carbocycles. The maximum Gasteiger partial charge on any atom is 0.0589 e. The molecule has 4 heteroatoms. The van der Waals surface area contributed by atoms with Crippen molar-refractivity contribution in [1.82, 2.24) is 4.90 Å². The average Bonchev–Trinajstić information content (AvgIpc) is 2.46. The highest BCUT2D eigenvalue weighted by Gasteiger charge is 2.13. The first-order valence-electron chi connectivity index (χ1n) is 7.30. The summed E-state index contributed by atoms with van der Waals surface area (Å²) in [5.41, 5.74) is 2.39. The van der Waals surface area contributed by atoms with E-state index < -0.39 is 0 Å². The Labute approximate surface area is 122 Å². The van der Waals surface area contributed by atoms with Gasteiger partial charge < -0.3 is 14.8 Å². The summed E-state index contributed by atoms with van der Waals surface area (Å²) in [7, 11) is 3.85. The van der Waals surface area contributed by atoms with Crippen LogP contribution in [0, 0.1) is 6.07 Å². The van der Waals surface area contributed by atoms with Gasteiger partial charge in [-0.1, -0.05) is 12.1 Å². The lowest BCUT2D eigenvalue weighted by Crippen LogP contribution is -2.28. The molecular formula is C16H25N2O2. The lowest BCUT2D eigenvalue weighted by atomic mass is 10.1. The highest BCUT2D eigenvalue weighted by atomic mass is 16.5. The SMILES string of the molecule is COCCN(C)Cc1cc[c]c(NC2CCOCC2)c1. The van der Waals surface area contributed by atoms with Crippen molar-refractivity contribution in [3.63, 3.8) is 0 Å². The van der Waals surface area contributed by atoms with Crippen LogP contribution in [0.15, 0.2) is 18.2 Å². The molecule has 2 rings (SSSR count). The van der Waals surface area contributed by atoms with Gasteiger partial charge in [-0.05, 0) is 31.5 Å². The van der Waals surface area contributed by atoms with Crippen LogP contribution >= 0.6 is 0 Å². The van der Waals surface area contributed by atoms with E-state index in [0.717, 1.165) is 51.4 Å². The van der Waals surface area contributed by atoms with Crippen molar-refractivity contribution in [1.29, 1.82) is 0 Å². The van der Waals surface area contributed by atoms with Crippen molar-refractivity contribution >= 4 is 5.69 Å². The molecule has 1 saturated heterocycles. The van der Waals surface area contributed by atoms with Gasteiger partial charge in [0.2, 0.25) is 0 Å². The average molecular weight is 277 g/mol. The second-order valence-electron chi connectivity index (χ2n) is 5.37. The van der Waals surface area contributed by atoms with Gasteiger partial charge in [-0.25, -0.2) is 0 Å². The third kappa shape index (κ3) is 5.12. The quantitative estimate of drug-likeness (QED) is 0.828. The Bertz CT molecular complexity index is 392. The Morgan fingerprint density at radius 3 is 3.00 bits per heavy atom. The number of hydrogen-bond donors (Lipinski definition) is 1. The zero-order valence-electron chi connectivity index (χ0n) is 12.5. The van der Waals surface area contributed by atoms with Crippen molar-refractivity contribution < 1.29 is 9.47 Å².